The highest BCUT2D eigenvalue weighted by Gasteiger charge is 2.24. The maximum atomic E-state index is 4.91. The number of aromatic nitrogens is 12. The van der Waals surface area contributed by atoms with E-state index in [0.29, 0.717) is 34.9 Å². The van der Waals surface area contributed by atoms with Crippen LogP contribution in [0.25, 0.3) is 170 Å². The van der Waals surface area contributed by atoms with E-state index in [0.717, 1.165) is 135 Å². The van der Waals surface area contributed by atoms with Crippen molar-refractivity contribution in [3.05, 3.63) is 471 Å². The Hall–Kier alpha value is -16.4. The van der Waals surface area contributed by atoms with Crippen LogP contribution in [0, 0.1) is 0 Å². The highest BCUT2D eigenvalue weighted by molar-refractivity contribution is 5.77. The Kier molecular flexibility index (Phi) is 30.2. The topological polar surface area (TPSA) is 155 Å². The second kappa shape index (κ2) is 43.7. The lowest BCUT2D eigenvalue weighted by molar-refractivity contribution is 0.590. The van der Waals surface area contributed by atoms with E-state index in [1.807, 2.05) is 231 Å². The van der Waals surface area contributed by atoms with Gasteiger partial charge in [-0.3, -0.25) is 0 Å². The summed E-state index contributed by atoms with van der Waals surface area (Å²) < 4.78 is 0. The lowest BCUT2D eigenvalue weighted by Crippen LogP contribution is -2.11. The number of hydrogen-bond donors (Lipinski definition) is 0. The normalized spacial score (nSPS) is 11.4. The van der Waals surface area contributed by atoms with Gasteiger partial charge in [-0.1, -0.05) is 516 Å². The van der Waals surface area contributed by atoms with E-state index >= 15 is 0 Å². The van der Waals surface area contributed by atoms with Gasteiger partial charge < -0.3 is 0 Å². The number of benzene rings is 15. The van der Waals surface area contributed by atoms with Gasteiger partial charge in [-0.25, -0.2) is 59.8 Å². The third-order valence-corrected chi connectivity index (χ3v) is 24.0. The summed E-state index contributed by atoms with van der Waals surface area (Å²) in [4.78, 5) is 57.9. The molecule has 0 saturated heterocycles. The molecule has 0 unspecified atom stereocenters. The fraction of sp³-hybridized carbons (Fsp3) is 0.156. The zero-order valence-electron chi connectivity index (χ0n) is 82.5. The highest BCUT2D eigenvalue weighted by Crippen LogP contribution is 2.38. The van der Waals surface area contributed by atoms with Crippen LogP contribution < -0.4 is 0 Å². The van der Waals surface area contributed by atoms with Gasteiger partial charge in [0.25, 0.3) is 0 Å². The van der Waals surface area contributed by atoms with Gasteiger partial charge in [0.2, 0.25) is 0 Å². The molecule has 0 aliphatic rings. The van der Waals surface area contributed by atoms with Crippen LogP contribution in [0.3, 0.4) is 0 Å². The standard InChI is InChI=1S/3C26H24N2.2C25H23N3/c1-26(2,3)22-16-10-15-21(17-22)25-27-23(19-11-6-4-7-12-19)18-24(28-25)20-13-8-5-9-14-20;1-26(2,3)22-16-14-20(15-17-22)24-18-23(19-10-6-4-7-11-19)27-25(28-24)21-12-8-5-9-13-21;1-26(2,3)22-16-14-21(15-17-22)25-27-23(19-10-6-4-7-11-19)18-24(28-25)20-12-8-5-9-13-20;1-25(2,3)21-16-10-15-20(17-21)24-27-22(18-11-6-4-7-12-18)26-23(28-24)19-13-8-5-9-14-19;1-25(2,3)21-16-14-20(15-17-21)24-27-22(18-10-6-4-7-11-18)26-23(28-24)19-12-8-5-9-13-19/h3*4-18H,1-3H3;2*4-17H,1-3H3. The maximum Gasteiger partial charge on any atom is 0.164 e. The lowest BCUT2D eigenvalue weighted by Gasteiger charge is -2.19. The Morgan fingerprint density at radius 1 is 0.107 bits per heavy atom. The Morgan fingerprint density at radius 3 is 0.429 bits per heavy atom. The molecule has 20 rings (SSSR count). The summed E-state index contributed by atoms with van der Waals surface area (Å²) in [6.07, 6.45) is 0. The second-order valence-corrected chi connectivity index (χ2v) is 39.8. The summed E-state index contributed by atoms with van der Waals surface area (Å²) in [5.41, 5.74) is 28.2. The molecule has 140 heavy (non-hydrogen) atoms. The first-order valence-electron chi connectivity index (χ1n) is 47.8. The molecule has 0 fully saturated rings. The minimum Gasteiger partial charge on any atom is -0.228 e. The van der Waals surface area contributed by atoms with Gasteiger partial charge in [0.1, 0.15) is 0 Å². The summed E-state index contributed by atoms with van der Waals surface area (Å²) in [7, 11) is 0. The predicted molar refractivity (Wildman–Crippen MR) is 581 cm³/mol. The lowest BCUT2D eigenvalue weighted by atomic mass is 9.86. The summed E-state index contributed by atoms with van der Waals surface area (Å²) in [6.45, 7) is 33.3. The van der Waals surface area contributed by atoms with Gasteiger partial charge in [-0.15, -0.1) is 0 Å². The molecule has 20 aromatic rings. The quantitative estimate of drug-likeness (QED) is 0.0959. The molecule has 12 nitrogen and oxygen atoms in total. The highest BCUT2D eigenvalue weighted by atomic mass is 15.0. The van der Waals surface area contributed by atoms with Crippen LogP contribution in [-0.4, -0.2) is 59.8 Å². The van der Waals surface area contributed by atoms with Crippen LogP contribution in [0.1, 0.15) is 132 Å². The van der Waals surface area contributed by atoms with Gasteiger partial charge in [0.05, 0.1) is 34.2 Å². The molecule has 12 heteroatoms. The molecule has 0 aliphatic carbocycles. The summed E-state index contributed by atoms with van der Waals surface area (Å²) in [5.74, 6) is 6.38. The van der Waals surface area contributed by atoms with Crippen molar-refractivity contribution in [3.8, 4) is 170 Å². The van der Waals surface area contributed by atoms with E-state index in [9.17, 15) is 0 Å². The third-order valence-electron chi connectivity index (χ3n) is 24.0. The summed E-state index contributed by atoms with van der Waals surface area (Å²) >= 11 is 0. The molecule has 0 amide bonds. The van der Waals surface area contributed by atoms with Crippen molar-refractivity contribution in [3.63, 3.8) is 0 Å². The van der Waals surface area contributed by atoms with Crippen molar-refractivity contribution in [1.82, 2.24) is 59.8 Å². The van der Waals surface area contributed by atoms with Gasteiger partial charge in [0.15, 0.2) is 52.4 Å². The Balaban J connectivity index is 0.000000126. The average Bonchev–Trinajstić information content (AvgIpc) is 0.803. The molecule has 0 N–H and O–H groups in total. The monoisotopic (exact) mass is 1820 g/mol. The first-order valence-corrected chi connectivity index (χ1v) is 47.8. The van der Waals surface area contributed by atoms with Gasteiger partial charge in [-0.05, 0) is 85.2 Å². The van der Waals surface area contributed by atoms with Gasteiger partial charge >= 0.3 is 0 Å². The molecule has 0 aliphatic heterocycles. The first-order chi connectivity index (χ1) is 67.5. The minimum absolute atomic E-state index is 0.0631. The van der Waals surface area contributed by atoms with Crippen molar-refractivity contribution >= 4 is 0 Å². The van der Waals surface area contributed by atoms with Crippen LogP contribution in [0.2, 0.25) is 0 Å². The molecule has 0 atom stereocenters. The molecule has 0 spiro atoms. The van der Waals surface area contributed by atoms with Crippen LogP contribution in [0.5, 0.6) is 0 Å². The van der Waals surface area contributed by atoms with E-state index in [-0.39, 0.29) is 27.1 Å². The first kappa shape index (κ1) is 96.7. The number of rotatable bonds is 15. The molecule has 690 valence electrons. The fourth-order valence-electron chi connectivity index (χ4n) is 15.8. The molecule has 15 aromatic carbocycles. The average molecular weight is 1820 g/mol. The molecule has 5 heterocycles. The molecular weight excluding hydrogens is 1710 g/mol. The predicted octanol–water partition coefficient (Wildman–Crippen LogP) is 32.7. The maximum absolute atomic E-state index is 4.91. The summed E-state index contributed by atoms with van der Waals surface area (Å²) in [5, 5.41) is 0. The van der Waals surface area contributed by atoms with E-state index in [1.54, 1.807) is 0 Å². The van der Waals surface area contributed by atoms with Crippen molar-refractivity contribution in [2.24, 2.45) is 0 Å². The fourth-order valence-corrected chi connectivity index (χ4v) is 15.8. The molecule has 5 aromatic heterocycles. The molecular formula is C128H118N12. The molecule has 0 radical (unpaired) electrons. The zero-order valence-corrected chi connectivity index (χ0v) is 82.5. The third kappa shape index (κ3) is 25.4. The van der Waals surface area contributed by atoms with Crippen molar-refractivity contribution in [2.45, 2.75) is 131 Å². The van der Waals surface area contributed by atoms with Gasteiger partial charge in [0, 0.05) is 83.5 Å². The largest absolute Gasteiger partial charge is 0.228 e. The second-order valence-electron chi connectivity index (χ2n) is 39.8. The van der Waals surface area contributed by atoms with Crippen molar-refractivity contribution < 1.29 is 0 Å². The smallest absolute Gasteiger partial charge is 0.164 e. The molecule has 0 saturated carbocycles. The number of hydrogen-bond acceptors (Lipinski definition) is 12. The van der Waals surface area contributed by atoms with E-state index in [1.165, 1.54) is 27.8 Å². The number of nitrogens with zero attached hydrogens (tertiary/aromatic N) is 12. The van der Waals surface area contributed by atoms with Crippen LogP contribution >= 0.6 is 0 Å². The van der Waals surface area contributed by atoms with E-state index < -0.39 is 0 Å². The van der Waals surface area contributed by atoms with Gasteiger partial charge in [-0.2, -0.15) is 0 Å². The summed E-state index contributed by atoms with van der Waals surface area (Å²) in [6, 6.07) is 151. The van der Waals surface area contributed by atoms with E-state index in [4.69, 9.17) is 59.8 Å². The molecule has 0 bridgehead atoms. The van der Waals surface area contributed by atoms with Crippen LogP contribution in [0.4, 0.5) is 0 Å². The van der Waals surface area contributed by atoms with E-state index in [2.05, 4.69) is 316 Å². The zero-order chi connectivity index (χ0) is 97.8. The SMILES string of the molecule is CC(C)(C)c1ccc(-c2cc(-c3ccccc3)nc(-c3ccccc3)n2)cc1.CC(C)(C)c1ccc(-c2nc(-c3ccccc3)cc(-c3ccccc3)n2)cc1.CC(C)(C)c1ccc(-c2nc(-c3ccccc3)nc(-c3ccccc3)n2)cc1.CC(C)(C)c1cccc(-c2nc(-c3ccccc3)cc(-c3ccccc3)n2)c1.CC(C)(C)c1cccc(-c2nc(-c3ccccc3)nc(-c3ccccc3)n2)c1. The Bertz CT molecular complexity index is 6540. The van der Waals surface area contributed by atoms with Crippen molar-refractivity contribution in [1.29, 1.82) is 0 Å². The Morgan fingerprint density at radius 2 is 0.243 bits per heavy atom. The van der Waals surface area contributed by atoms with Crippen LogP contribution in [-0.2, 0) is 27.1 Å². The van der Waals surface area contributed by atoms with Crippen molar-refractivity contribution in [2.75, 3.05) is 0 Å². The Labute approximate surface area is 825 Å². The minimum atomic E-state index is 0.0631. The van der Waals surface area contributed by atoms with Crippen LogP contribution in [0.15, 0.2) is 443 Å².